The van der Waals surface area contributed by atoms with Crippen LogP contribution in [0.1, 0.15) is 25.7 Å². The lowest BCUT2D eigenvalue weighted by atomic mass is 9.99. The van der Waals surface area contributed by atoms with E-state index in [-0.39, 0.29) is 18.5 Å². The van der Waals surface area contributed by atoms with E-state index in [0.717, 1.165) is 25.8 Å². The van der Waals surface area contributed by atoms with Crippen LogP contribution in [0.4, 0.5) is 4.79 Å². The Labute approximate surface area is 100 Å². The molecule has 1 unspecified atom stereocenters. The fourth-order valence-corrected chi connectivity index (χ4v) is 2.42. The second-order valence-corrected chi connectivity index (χ2v) is 4.68. The van der Waals surface area contributed by atoms with Crippen LogP contribution in [-0.2, 0) is 4.79 Å². The van der Waals surface area contributed by atoms with Crippen molar-refractivity contribution in [3.8, 4) is 0 Å². The summed E-state index contributed by atoms with van der Waals surface area (Å²) < 4.78 is 0. The molecule has 0 radical (unpaired) electrons. The smallest absolute Gasteiger partial charge is 0.325 e. The van der Waals surface area contributed by atoms with Crippen LogP contribution in [0.3, 0.4) is 0 Å². The number of hydrogen-bond acceptors (Lipinski definition) is 4. The molecular weight excluding hydrogens is 222 g/mol. The molecule has 0 bridgehead atoms. The van der Waals surface area contributed by atoms with Crippen LogP contribution < -0.4 is 10.6 Å². The van der Waals surface area contributed by atoms with E-state index < -0.39 is 5.54 Å². The zero-order valence-corrected chi connectivity index (χ0v) is 9.87. The number of imide groups is 1. The number of urea groups is 1. The monoisotopic (exact) mass is 241 g/mol. The van der Waals surface area contributed by atoms with Gasteiger partial charge in [-0.05, 0) is 32.2 Å². The molecular formula is C11H19N3O3. The van der Waals surface area contributed by atoms with Crippen molar-refractivity contribution in [1.29, 1.82) is 0 Å². The second kappa shape index (κ2) is 5.01. The molecule has 0 aromatic rings. The van der Waals surface area contributed by atoms with E-state index in [1.54, 1.807) is 0 Å². The standard InChI is InChI=1S/C11H19N3O3/c15-7-3-1-2-6-14-9(16)11(13-10(14)17)4-5-12-8-11/h12,15H,1-8H2,(H,13,17). The van der Waals surface area contributed by atoms with Gasteiger partial charge in [0, 0.05) is 19.7 Å². The largest absolute Gasteiger partial charge is 0.396 e. The maximum atomic E-state index is 12.2. The summed E-state index contributed by atoms with van der Waals surface area (Å²) in [6, 6.07) is -0.275. The quantitative estimate of drug-likeness (QED) is 0.445. The third kappa shape index (κ3) is 2.28. The fourth-order valence-electron chi connectivity index (χ4n) is 2.42. The van der Waals surface area contributed by atoms with Crippen molar-refractivity contribution < 1.29 is 14.7 Å². The van der Waals surface area contributed by atoms with Crippen LogP contribution >= 0.6 is 0 Å². The number of aliphatic hydroxyl groups excluding tert-OH is 1. The number of hydrogen-bond donors (Lipinski definition) is 3. The number of unbranched alkanes of at least 4 members (excludes halogenated alkanes) is 2. The molecule has 0 aromatic carbocycles. The topological polar surface area (TPSA) is 81.7 Å². The zero-order valence-electron chi connectivity index (χ0n) is 9.87. The van der Waals surface area contributed by atoms with Gasteiger partial charge in [0.25, 0.3) is 5.91 Å². The Morgan fingerprint density at radius 2 is 2.12 bits per heavy atom. The minimum atomic E-state index is -0.686. The summed E-state index contributed by atoms with van der Waals surface area (Å²) >= 11 is 0. The lowest BCUT2D eigenvalue weighted by molar-refractivity contribution is -0.130. The van der Waals surface area contributed by atoms with Gasteiger partial charge in [0.05, 0.1) is 0 Å². The maximum Gasteiger partial charge on any atom is 0.325 e. The van der Waals surface area contributed by atoms with Crippen molar-refractivity contribution in [1.82, 2.24) is 15.5 Å². The van der Waals surface area contributed by atoms with Crippen LogP contribution in [0, 0.1) is 0 Å². The van der Waals surface area contributed by atoms with Gasteiger partial charge < -0.3 is 15.7 Å². The summed E-state index contributed by atoms with van der Waals surface area (Å²) in [6.07, 6.45) is 2.98. The summed E-state index contributed by atoms with van der Waals surface area (Å²) in [6.45, 7) is 1.91. The highest BCUT2D eigenvalue weighted by molar-refractivity contribution is 6.07. The van der Waals surface area contributed by atoms with Gasteiger partial charge in [-0.1, -0.05) is 0 Å². The summed E-state index contributed by atoms with van der Waals surface area (Å²) in [4.78, 5) is 25.2. The van der Waals surface area contributed by atoms with Crippen LogP contribution in [0.5, 0.6) is 0 Å². The van der Waals surface area contributed by atoms with Gasteiger partial charge in [0.1, 0.15) is 5.54 Å². The average molecular weight is 241 g/mol. The summed E-state index contributed by atoms with van der Waals surface area (Å²) in [5, 5.41) is 14.6. The Balaban J connectivity index is 1.90. The fraction of sp³-hybridized carbons (Fsp3) is 0.818. The predicted octanol–water partition coefficient (Wildman–Crippen LogP) is -0.567. The number of carbonyl (C=O) groups is 2. The first-order chi connectivity index (χ1) is 8.19. The lowest BCUT2D eigenvalue weighted by Gasteiger charge is -2.19. The van der Waals surface area contributed by atoms with E-state index in [1.165, 1.54) is 4.90 Å². The number of aliphatic hydroxyl groups is 1. The summed E-state index contributed by atoms with van der Waals surface area (Å²) in [5.74, 6) is -0.100. The van der Waals surface area contributed by atoms with Gasteiger partial charge in [-0.15, -0.1) is 0 Å². The molecule has 6 heteroatoms. The molecule has 0 saturated carbocycles. The minimum absolute atomic E-state index is 0.100. The van der Waals surface area contributed by atoms with Gasteiger partial charge in [0.2, 0.25) is 0 Å². The third-order valence-corrected chi connectivity index (χ3v) is 3.44. The number of nitrogens with zero attached hydrogens (tertiary/aromatic N) is 1. The molecule has 2 fully saturated rings. The van der Waals surface area contributed by atoms with Crippen molar-refractivity contribution in [2.24, 2.45) is 0 Å². The number of nitrogens with one attached hydrogen (secondary N) is 2. The SMILES string of the molecule is O=C1NC2(CCNC2)C(=O)N1CCCCCO. The van der Waals surface area contributed by atoms with Gasteiger partial charge in [-0.3, -0.25) is 9.69 Å². The van der Waals surface area contributed by atoms with Crippen LogP contribution in [0.2, 0.25) is 0 Å². The molecule has 3 amide bonds. The van der Waals surface area contributed by atoms with E-state index in [1.807, 2.05) is 0 Å². The zero-order chi connectivity index (χ0) is 12.3. The van der Waals surface area contributed by atoms with E-state index in [9.17, 15) is 9.59 Å². The molecule has 0 aromatic heterocycles. The highest BCUT2D eigenvalue weighted by Crippen LogP contribution is 2.24. The molecule has 1 spiro atoms. The average Bonchev–Trinajstić information content (AvgIpc) is 2.85. The highest BCUT2D eigenvalue weighted by Gasteiger charge is 2.52. The summed E-state index contributed by atoms with van der Waals surface area (Å²) in [5.41, 5.74) is -0.686. The van der Waals surface area contributed by atoms with E-state index >= 15 is 0 Å². The molecule has 6 nitrogen and oxygen atoms in total. The first kappa shape index (κ1) is 12.3. The molecule has 3 N–H and O–H groups in total. The van der Waals surface area contributed by atoms with Crippen molar-refractivity contribution in [2.75, 3.05) is 26.2 Å². The Hall–Kier alpha value is -1.14. The van der Waals surface area contributed by atoms with Gasteiger partial charge in [0.15, 0.2) is 0 Å². The van der Waals surface area contributed by atoms with Crippen LogP contribution in [0.25, 0.3) is 0 Å². The van der Waals surface area contributed by atoms with Gasteiger partial charge >= 0.3 is 6.03 Å². The van der Waals surface area contributed by atoms with Crippen molar-refractivity contribution in [3.05, 3.63) is 0 Å². The number of amides is 3. The molecule has 2 rings (SSSR count). The normalized spacial score (nSPS) is 28.2. The second-order valence-electron chi connectivity index (χ2n) is 4.68. The first-order valence-corrected chi connectivity index (χ1v) is 6.15. The Morgan fingerprint density at radius 1 is 1.29 bits per heavy atom. The summed E-state index contributed by atoms with van der Waals surface area (Å²) in [7, 11) is 0. The van der Waals surface area contributed by atoms with Gasteiger partial charge in [-0.2, -0.15) is 0 Å². The van der Waals surface area contributed by atoms with E-state index in [4.69, 9.17) is 5.11 Å². The van der Waals surface area contributed by atoms with Crippen molar-refractivity contribution >= 4 is 11.9 Å². The molecule has 2 saturated heterocycles. The van der Waals surface area contributed by atoms with Crippen LogP contribution in [-0.4, -0.2) is 53.7 Å². The van der Waals surface area contributed by atoms with Crippen molar-refractivity contribution in [2.45, 2.75) is 31.2 Å². The molecule has 0 aliphatic carbocycles. The maximum absolute atomic E-state index is 12.2. The van der Waals surface area contributed by atoms with Crippen molar-refractivity contribution in [3.63, 3.8) is 0 Å². The van der Waals surface area contributed by atoms with Crippen LogP contribution in [0.15, 0.2) is 0 Å². The van der Waals surface area contributed by atoms with Gasteiger partial charge in [-0.25, -0.2) is 4.79 Å². The lowest BCUT2D eigenvalue weighted by Crippen LogP contribution is -2.48. The first-order valence-electron chi connectivity index (χ1n) is 6.15. The highest BCUT2D eigenvalue weighted by atomic mass is 16.3. The van der Waals surface area contributed by atoms with E-state index in [2.05, 4.69) is 10.6 Å². The Morgan fingerprint density at radius 3 is 2.76 bits per heavy atom. The number of carbonyl (C=O) groups excluding carboxylic acids is 2. The predicted molar refractivity (Wildman–Crippen MR) is 61.4 cm³/mol. The molecule has 2 heterocycles. The molecule has 1 atom stereocenters. The third-order valence-electron chi connectivity index (χ3n) is 3.44. The number of rotatable bonds is 5. The Kier molecular flexibility index (Phi) is 3.63. The molecule has 17 heavy (non-hydrogen) atoms. The molecule has 96 valence electrons. The van der Waals surface area contributed by atoms with E-state index in [0.29, 0.717) is 19.5 Å². The Bertz CT molecular complexity index is 313. The minimum Gasteiger partial charge on any atom is -0.396 e. The molecule has 2 aliphatic rings. The molecule has 2 aliphatic heterocycles.